The first-order chi connectivity index (χ1) is 19.8. The van der Waals surface area contributed by atoms with Gasteiger partial charge in [0.2, 0.25) is 0 Å². The van der Waals surface area contributed by atoms with E-state index in [0.717, 1.165) is 23.9 Å². The van der Waals surface area contributed by atoms with Gasteiger partial charge in [-0.15, -0.1) is 11.8 Å². The number of hydrogen-bond acceptors (Lipinski definition) is 10. The summed E-state index contributed by atoms with van der Waals surface area (Å²) in [7, 11) is -22.6. The van der Waals surface area contributed by atoms with Crippen LogP contribution in [-0.2, 0) is 39.7 Å². The van der Waals surface area contributed by atoms with Gasteiger partial charge in [-0.05, 0) is 23.9 Å². The van der Waals surface area contributed by atoms with E-state index in [1.54, 1.807) is 13.8 Å². The van der Waals surface area contributed by atoms with Crippen LogP contribution in [0, 0.1) is 5.92 Å². The molecule has 23 heteroatoms. The van der Waals surface area contributed by atoms with Crippen molar-refractivity contribution < 1.29 is 78.5 Å². The van der Waals surface area contributed by atoms with Crippen molar-refractivity contribution in [2.75, 3.05) is 12.4 Å². The fourth-order valence-electron chi connectivity index (χ4n) is 2.95. The lowest BCUT2D eigenvalue weighted by Crippen LogP contribution is -2.64. The van der Waals surface area contributed by atoms with E-state index in [1.165, 1.54) is 18.2 Å². The highest BCUT2D eigenvalue weighted by Crippen LogP contribution is 2.51. The molecule has 0 aliphatic carbocycles. The van der Waals surface area contributed by atoms with E-state index in [9.17, 15) is 69.6 Å². The molecule has 250 valence electrons. The van der Waals surface area contributed by atoms with Crippen molar-refractivity contribution >= 4 is 58.7 Å². The Balaban J connectivity index is 2.42. The van der Waals surface area contributed by atoms with Gasteiger partial charge in [0.1, 0.15) is 6.61 Å². The minimum absolute atomic E-state index is 0.0444. The molecule has 0 fully saturated rings. The van der Waals surface area contributed by atoms with E-state index >= 15 is 0 Å². The van der Waals surface area contributed by atoms with Gasteiger partial charge >= 0.3 is 48.1 Å². The smallest absolute Gasteiger partial charge is 0.465 e. The largest absolute Gasteiger partial charge is 0.512 e. The van der Waals surface area contributed by atoms with Crippen molar-refractivity contribution in [1.29, 1.82) is 0 Å². The Kier molecular flexibility index (Phi) is 10.9. The maximum atomic E-state index is 14.5. The first kappa shape index (κ1) is 37.7. The molecule has 0 radical (unpaired) electrons. The maximum absolute atomic E-state index is 14.5. The normalized spacial score (nSPS) is 14.8. The molecule has 1 N–H and O–H groups in total. The minimum atomic E-state index is -7.91. The number of ether oxygens (including phenoxy) is 1. The van der Waals surface area contributed by atoms with Crippen LogP contribution in [-0.4, -0.2) is 65.5 Å². The van der Waals surface area contributed by atoms with Gasteiger partial charge < -0.3 is 8.92 Å². The van der Waals surface area contributed by atoms with Crippen molar-refractivity contribution in [3.05, 3.63) is 36.4 Å². The molecule has 10 nitrogen and oxygen atoms in total. The SMILES string of the molecule is CCC(C)C(=O)OCCSc1ccc(OS(=O)(=O)C(F)(F)C(F)(F)C(F)(F)S(=O)(=O)NS(=O)(=O)C(F)(F)F)c2ccccc12. The summed E-state index contributed by atoms with van der Waals surface area (Å²) in [6.07, 6.45) is 0.510. The summed E-state index contributed by atoms with van der Waals surface area (Å²) >= 11 is 1.01. The molecule has 0 saturated heterocycles. The summed E-state index contributed by atoms with van der Waals surface area (Å²) in [6.45, 7) is 3.29. The molecule has 44 heavy (non-hydrogen) atoms. The monoisotopic (exact) mass is 729 g/mol. The Morgan fingerprint density at radius 2 is 1.39 bits per heavy atom. The second-order valence-electron chi connectivity index (χ2n) is 8.61. The molecule has 0 amide bonds. The third-order valence-corrected chi connectivity index (χ3v) is 11.2. The number of alkyl halides is 9. The highest BCUT2D eigenvalue weighted by Gasteiger charge is 2.83. The zero-order valence-electron chi connectivity index (χ0n) is 21.9. The highest BCUT2D eigenvalue weighted by atomic mass is 32.3. The summed E-state index contributed by atoms with van der Waals surface area (Å²) in [4.78, 5) is 12.1. The van der Waals surface area contributed by atoms with Crippen LogP contribution in [0.3, 0.4) is 0 Å². The molecule has 2 aromatic rings. The molecule has 0 aliphatic heterocycles. The van der Waals surface area contributed by atoms with Crippen LogP contribution in [0.15, 0.2) is 41.3 Å². The molecule has 2 rings (SSSR count). The van der Waals surface area contributed by atoms with E-state index in [2.05, 4.69) is 4.18 Å². The molecule has 0 aliphatic rings. The van der Waals surface area contributed by atoms with Crippen molar-refractivity contribution in [2.24, 2.45) is 5.92 Å². The molecule has 0 bridgehead atoms. The molecule has 0 saturated carbocycles. The van der Waals surface area contributed by atoms with Crippen LogP contribution >= 0.6 is 11.8 Å². The van der Waals surface area contributed by atoms with Crippen LogP contribution < -0.4 is 8.31 Å². The lowest BCUT2D eigenvalue weighted by atomic mass is 10.1. The number of carbonyl (C=O) groups excluding carboxylic acids is 1. The molecule has 2 aromatic carbocycles. The Labute approximate surface area is 248 Å². The zero-order chi connectivity index (χ0) is 34.2. The topological polar surface area (TPSA) is 150 Å². The number of benzene rings is 2. The van der Waals surface area contributed by atoms with E-state index in [1.807, 2.05) is 0 Å². The summed E-state index contributed by atoms with van der Waals surface area (Å²) < 4.78 is 201. The standard InChI is InChI=1S/C21H20F9NO9S4/c1-3-12(2)17(32)39-10-11-41-16-9-8-15(13-6-4-5-7-14(13)16)40-44(37,38)20(26,27)18(22,23)19(24,25)42(33,34)31-43(35,36)21(28,29)30/h4-9,12,31H,3,10-11H2,1-2H3. The number of sulfonamides is 2. The first-order valence-electron chi connectivity index (χ1n) is 11.5. The Bertz CT molecular complexity index is 1710. The predicted octanol–water partition coefficient (Wildman–Crippen LogP) is 4.82. The van der Waals surface area contributed by atoms with Crippen molar-refractivity contribution in [3.63, 3.8) is 0 Å². The van der Waals surface area contributed by atoms with E-state index < -0.39 is 68.0 Å². The zero-order valence-corrected chi connectivity index (χ0v) is 25.1. The summed E-state index contributed by atoms with van der Waals surface area (Å²) in [5, 5.41) is -15.0. The predicted molar refractivity (Wildman–Crippen MR) is 137 cm³/mol. The average molecular weight is 730 g/mol. The summed E-state index contributed by atoms with van der Waals surface area (Å²) in [5.41, 5.74) is -6.69. The van der Waals surface area contributed by atoms with Crippen LogP contribution in [0.2, 0.25) is 0 Å². The number of thioether (sulfide) groups is 1. The number of carbonyl (C=O) groups is 1. The Morgan fingerprint density at radius 3 is 1.91 bits per heavy atom. The summed E-state index contributed by atoms with van der Waals surface area (Å²) in [5.74, 6) is -9.51. The van der Waals surface area contributed by atoms with Gasteiger partial charge in [0.05, 0.1) is 5.92 Å². The molecule has 0 heterocycles. The highest BCUT2D eigenvalue weighted by molar-refractivity contribution is 8.05. The minimum Gasteiger partial charge on any atom is -0.465 e. The maximum Gasteiger partial charge on any atom is 0.512 e. The molecule has 0 aromatic heterocycles. The lowest BCUT2D eigenvalue weighted by molar-refractivity contribution is -0.245. The van der Waals surface area contributed by atoms with Crippen LogP contribution in [0.25, 0.3) is 10.8 Å². The number of halogens is 9. The van der Waals surface area contributed by atoms with Gasteiger partial charge in [0.15, 0.2) is 5.75 Å². The van der Waals surface area contributed by atoms with Gasteiger partial charge in [0, 0.05) is 16.0 Å². The fraction of sp³-hybridized carbons (Fsp3) is 0.476. The van der Waals surface area contributed by atoms with Crippen LogP contribution in [0.5, 0.6) is 5.75 Å². The number of esters is 1. The van der Waals surface area contributed by atoms with E-state index in [-0.39, 0.29) is 33.9 Å². The Hall–Kier alpha value is -2.50. The molecule has 1 unspecified atom stereocenters. The lowest BCUT2D eigenvalue weighted by Gasteiger charge is -2.31. The van der Waals surface area contributed by atoms with Crippen LogP contribution in [0.4, 0.5) is 39.5 Å². The fourth-order valence-corrected chi connectivity index (χ4v) is 7.25. The summed E-state index contributed by atoms with van der Waals surface area (Å²) in [6, 6.07) is 6.56. The van der Waals surface area contributed by atoms with Crippen molar-refractivity contribution in [3.8, 4) is 5.75 Å². The third-order valence-electron chi connectivity index (χ3n) is 5.55. The molecule has 1 atom stereocenters. The molecule has 0 spiro atoms. The quantitative estimate of drug-likeness (QED) is 0.0943. The van der Waals surface area contributed by atoms with Gasteiger partial charge in [0.25, 0.3) is 10.0 Å². The van der Waals surface area contributed by atoms with Crippen molar-refractivity contribution in [2.45, 2.75) is 47.1 Å². The number of fused-ring (bicyclic) bond motifs is 1. The van der Waals surface area contributed by atoms with Gasteiger partial charge in [-0.25, -0.2) is 16.8 Å². The van der Waals surface area contributed by atoms with Crippen LogP contribution in [0.1, 0.15) is 20.3 Å². The average Bonchev–Trinajstić information content (AvgIpc) is 2.89. The molecular weight excluding hydrogens is 709 g/mol. The van der Waals surface area contributed by atoms with Crippen molar-refractivity contribution in [1.82, 2.24) is 4.13 Å². The number of hydrogen-bond donors (Lipinski definition) is 1. The third kappa shape index (κ3) is 7.15. The van der Waals surface area contributed by atoms with E-state index in [4.69, 9.17) is 4.74 Å². The Morgan fingerprint density at radius 1 is 0.841 bits per heavy atom. The van der Waals surface area contributed by atoms with Gasteiger partial charge in [-0.3, -0.25) is 4.79 Å². The van der Waals surface area contributed by atoms with Gasteiger partial charge in [-0.1, -0.05) is 42.2 Å². The van der Waals surface area contributed by atoms with Gasteiger partial charge in [-0.2, -0.15) is 47.9 Å². The van der Waals surface area contributed by atoms with E-state index in [0.29, 0.717) is 12.5 Å². The number of rotatable bonds is 14. The second kappa shape index (κ2) is 12.7. The number of nitrogens with one attached hydrogen (secondary N) is 1. The molecular formula is C21H20F9NO9S4. The first-order valence-corrected chi connectivity index (χ1v) is 16.9. The second-order valence-corrected chi connectivity index (χ2v) is 15.0.